The minimum Gasteiger partial charge on any atom is -0.396 e. The zero-order chi connectivity index (χ0) is 18.4. The average molecular weight is 355 g/mol. The molecule has 0 rings (SSSR count). The van der Waals surface area contributed by atoms with Crippen LogP contribution in [-0.4, -0.2) is 11.7 Å². The third-order valence-electron chi connectivity index (χ3n) is 5.81. The van der Waals surface area contributed by atoms with Crippen LogP contribution in [0.2, 0.25) is 0 Å². The number of aliphatic hydroxyl groups is 1. The summed E-state index contributed by atoms with van der Waals surface area (Å²) >= 11 is 0. The van der Waals surface area contributed by atoms with Crippen molar-refractivity contribution in [2.24, 2.45) is 5.92 Å². The maximum atomic E-state index is 8.75. The molecule has 0 aromatic heterocycles. The molecule has 0 aliphatic heterocycles. The maximum absolute atomic E-state index is 8.75. The number of rotatable bonds is 21. The highest BCUT2D eigenvalue weighted by molar-refractivity contribution is 4.59. The quantitative estimate of drug-likeness (QED) is 0.205. The van der Waals surface area contributed by atoms with E-state index < -0.39 is 0 Å². The van der Waals surface area contributed by atoms with Crippen molar-refractivity contribution in [3.8, 4) is 0 Å². The fourth-order valence-electron chi connectivity index (χ4n) is 3.90. The number of unbranched alkanes of at least 4 members (excludes halogenated alkanes) is 15. The summed E-state index contributed by atoms with van der Waals surface area (Å²) in [5.41, 5.74) is 0. The summed E-state index contributed by atoms with van der Waals surface area (Å²) in [6.45, 7) is 5.06. The molecule has 1 N–H and O–H groups in total. The van der Waals surface area contributed by atoms with Crippen LogP contribution in [0.5, 0.6) is 0 Å². The maximum Gasteiger partial charge on any atom is 0.0431 e. The number of hydrogen-bond acceptors (Lipinski definition) is 1. The van der Waals surface area contributed by atoms with Crippen LogP contribution in [0, 0.1) is 5.92 Å². The van der Waals surface area contributed by atoms with Crippen molar-refractivity contribution in [3.63, 3.8) is 0 Å². The van der Waals surface area contributed by atoms with E-state index in [2.05, 4.69) is 13.8 Å². The fraction of sp³-hybridized carbons (Fsp3) is 1.00. The van der Waals surface area contributed by atoms with Gasteiger partial charge in [-0.15, -0.1) is 0 Å². The lowest BCUT2D eigenvalue weighted by molar-refractivity contribution is 0.282. The molecule has 0 bridgehead atoms. The van der Waals surface area contributed by atoms with Gasteiger partial charge in [0.15, 0.2) is 0 Å². The van der Waals surface area contributed by atoms with Gasteiger partial charge in [0.05, 0.1) is 0 Å². The molecule has 1 atom stereocenters. The van der Waals surface area contributed by atoms with Gasteiger partial charge in [-0.2, -0.15) is 0 Å². The van der Waals surface area contributed by atoms with Crippen LogP contribution >= 0.6 is 0 Å². The summed E-state index contributed by atoms with van der Waals surface area (Å²) in [5.74, 6) is 0.999. The number of hydrogen-bond donors (Lipinski definition) is 1. The number of aliphatic hydroxyl groups excluding tert-OH is 1. The van der Waals surface area contributed by atoms with Gasteiger partial charge >= 0.3 is 0 Å². The van der Waals surface area contributed by atoms with Gasteiger partial charge in [-0.1, -0.05) is 136 Å². The molecule has 1 nitrogen and oxygen atoms in total. The van der Waals surface area contributed by atoms with Crippen LogP contribution < -0.4 is 0 Å². The highest BCUT2D eigenvalue weighted by Gasteiger charge is 2.05. The molecule has 0 fully saturated rings. The van der Waals surface area contributed by atoms with Gasteiger partial charge < -0.3 is 5.11 Å². The van der Waals surface area contributed by atoms with Crippen molar-refractivity contribution in [2.75, 3.05) is 6.61 Å². The average Bonchev–Trinajstić information content (AvgIpc) is 2.63. The van der Waals surface area contributed by atoms with E-state index in [9.17, 15) is 0 Å². The Labute approximate surface area is 160 Å². The molecule has 0 heterocycles. The Morgan fingerprint density at radius 3 is 1.20 bits per heavy atom. The van der Waals surface area contributed by atoms with E-state index in [1.54, 1.807) is 0 Å². The van der Waals surface area contributed by atoms with Gasteiger partial charge in [0.25, 0.3) is 0 Å². The molecular weight excluding hydrogens is 304 g/mol. The molecule has 0 aromatic rings. The van der Waals surface area contributed by atoms with Gasteiger partial charge in [-0.25, -0.2) is 0 Å². The van der Waals surface area contributed by atoms with Crippen LogP contribution in [0.15, 0.2) is 0 Å². The highest BCUT2D eigenvalue weighted by atomic mass is 16.2. The van der Waals surface area contributed by atoms with Gasteiger partial charge in [0.2, 0.25) is 0 Å². The van der Waals surface area contributed by atoms with Crippen LogP contribution in [0.3, 0.4) is 0 Å². The largest absolute Gasteiger partial charge is 0.396 e. The first-order chi connectivity index (χ1) is 12.3. The van der Waals surface area contributed by atoms with E-state index in [0.717, 1.165) is 12.3 Å². The smallest absolute Gasteiger partial charge is 0.0431 e. The second-order valence-electron chi connectivity index (χ2n) is 8.23. The minimum atomic E-state index is 0.373. The van der Waals surface area contributed by atoms with Crippen molar-refractivity contribution in [3.05, 3.63) is 0 Å². The molecule has 1 heteroatoms. The monoisotopic (exact) mass is 354 g/mol. The van der Waals surface area contributed by atoms with Crippen molar-refractivity contribution >= 4 is 0 Å². The van der Waals surface area contributed by atoms with Crippen LogP contribution in [0.4, 0.5) is 0 Å². The lowest BCUT2D eigenvalue weighted by atomic mass is 9.92. The Morgan fingerprint density at radius 1 is 0.480 bits per heavy atom. The predicted molar refractivity (Wildman–Crippen MR) is 114 cm³/mol. The molecule has 0 saturated carbocycles. The first-order valence-corrected chi connectivity index (χ1v) is 12.0. The molecule has 25 heavy (non-hydrogen) atoms. The molecule has 0 aliphatic carbocycles. The second-order valence-corrected chi connectivity index (χ2v) is 8.23. The van der Waals surface area contributed by atoms with E-state index in [0.29, 0.717) is 6.61 Å². The van der Waals surface area contributed by atoms with E-state index >= 15 is 0 Å². The van der Waals surface area contributed by atoms with Crippen LogP contribution in [0.25, 0.3) is 0 Å². The first kappa shape index (κ1) is 25.0. The van der Waals surface area contributed by atoms with Crippen molar-refractivity contribution in [1.82, 2.24) is 0 Å². The standard InChI is InChI=1S/C24H50O/c1-3-5-6-7-8-12-15-18-21-24(4-2)22-19-16-13-10-9-11-14-17-20-23-25/h24-25H,3-23H2,1-2H3. The Kier molecular flexibility index (Phi) is 22.0. The van der Waals surface area contributed by atoms with E-state index in [-0.39, 0.29) is 0 Å². The Bertz CT molecular complexity index is 226. The highest BCUT2D eigenvalue weighted by Crippen LogP contribution is 2.22. The van der Waals surface area contributed by atoms with Gasteiger partial charge in [0, 0.05) is 6.61 Å². The zero-order valence-electron chi connectivity index (χ0n) is 17.9. The zero-order valence-corrected chi connectivity index (χ0v) is 17.9. The van der Waals surface area contributed by atoms with Gasteiger partial charge in [-0.05, 0) is 12.3 Å². The second kappa shape index (κ2) is 22.0. The van der Waals surface area contributed by atoms with Crippen molar-refractivity contribution in [2.45, 2.75) is 142 Å². The van der Waals surface area contributed by atoms with E-state index in [1.165, 1.54) is 122 Å². The summed E-state index contributed by atoms with van der Waals surface area (Å²) in [6, 6.07) is 0. The molecule has 0 radical (unpaired) electrons. The summed E-state index contributed by atoms with van der Waals surface area (Å²) < 4.78 is 0. The molecule has 0 aromatic carbocycles. The first-order valence-electron chi connectivity index (χ1n) is 12.0. The SMILES string of the molecule is CCCCCCCCCCC(CC)CCCCCCCCCCCO. The van der Waals surface area contributed by atoms with Crippen molar-refractivity contribution in [1.29, 1.82) is 0 Å². The summed E-state index contributed by atoms with van der Waals surface area (Å²) in [4.78, 5) is 0. The Hall–Kier alpha value is -0.0400. The normalized spacial score (nSPS) is 12.6. The summed E-state index contributed by atoms with van der Waals surface area (Å²) in [7, 11) is 0. The fourth-order valence-corrected chi connectivity index (χ4v) is 3.90. The minimum absolute atomic E-state index is 0.373. The third kappa shape index (κ3) is 20.1. The summed E-state index contributed by atoms with van der Waals surface area (Å²) in [6.07, 6.45) is 28.0. The Morgan fingerprint density at radius 2 is 0.840 bits per heavy atom. The molecule has 0 aliphatic rings. The lowest BCUT2D eigenvalue weighted by Gasteiger charge is -2.14. The molecule has 0 amide bonds. The topological polar surface area (TPSA) is 20.2 Å². The van der Waals surface area contributed by atoms with E-state index in [4.69, 9.17) is 5.11 Å². The van der Waals surface area contributed by atoms with Gasteiger partial charge in [0.1, 0.15) is 0 Å². The lowest BCUT2D eigenvalue weighted by Crippen LogP contribution is -1.99. The molecule has 0 spiro atoms. The summed E-state index contributed by atoms with van der Waals surface area (Å²) in [5, 5.41) is 8.75. The van der Waals surface area contributed by atoms with Gasteiger partial charge in [-0.3, -0.25) is 0 Å². The predicted octanol–water partition coefficient (Wildman–Crippen LogP) is 8.44. The van der Waals surface area contributed by atoms with Crippen molar-refractivity contribution < 1.29 is 5.11 Å². The molecule has 0 saturated heterocycles. The van der Waals surface area contributed by atoms with Crippen LogP contribution in [0.1, 0.15) is 142 Å². The third-order valence-corrected chi connectivity index (χ3v) is 5.81. The molecule has 152 valence electrons. The molecule has 1 unspecified atom stereocenters. The van der Waals surface area contributed by atoms with E-state index in [1.807, 2.05) is 0 Å². The molecular formula is C24H50O. The Balaban J connectivity index is 3.28. The van der Waals surface area contributed by atoms with Crippen LogP contribution in [-0.2, 0) is 0 Å².